The van der Waals surface area contributed by atoms with Gasteiger partial charge < -0.3 is 20.5 Å². The van der Waals surface area contributed by atoms with Gasteiger partial charge in [0.2, 0.25) is 0 Å². The lowest BCUT2D eigenvalue weighted by Crippen LogP contribution is -2.14. The lowest BCUT2D eigenvalue weighted by Gasteiger charge is -2.19. The van der Waals surface area contributed by atoms with E-state index in [0.29, 0.717) is 30.2 Å². The molecule has 1 saturated carbocycles. The zero-order valence-corrected chi connectivity index (χ0v) is 15.7. The lowest BCUT2D eigenvalue weighted by molar-refractivity contribution is 0.290. The molecule has 0 unspecified atom stereocenters. The van der Waals surface area contributed by atoms with Gasteiger partial charge in [0, 0.05) is 12.6 Å². The molecule has 0 saturated heterocycles. The van der Waals surface area contributed by atoms with Crippen molar-refractivity contribution in [3.8, 4) is 11.5 Å². The molecule has 2 rings (SSSR count). The third-order valence-corrected chi connectivity index (χ3v) is 3.84. The molecule has 1 aromatic carbocycles. The van der Waals surface area contributed by atoms with Gasteiger partial charge in [-0.05, 0) is 50.4 Å². The van der Waals surface area contributed by atoms with E-state index in [1.54, 1.807) is 0 Å². The smallest absolute Gasteiger partial charge is 0.149 e. The Hall–Kier alpha value is -2.08. The second kappa shape index (κ2) is 9.57. The van der Waals surface area contributed by atoms with Gasteiger partial charge in [-0.25, -0.2) is 8.78 Å². The van der Waals surface area contributed by atoms with E-state index in [2.05, 4.69) is 5.32 Å². The topological polar surface area (TPSA) is 56.5 Å². The van der Waals surface area contributed by atoms with Gasteiger partial charge in [0.05, 0.1) is 29.8 Å². The zero-order chi connectivity index (χ0) is 19.1. The third kappa shape index (κ3) is 5.73. The Morgan fingerprint density at radius 2 is 1.96 bits per heavy atom. The summed E-state index contributed by atoms with van der Waals surface area (Å²) in [6.45, 7) is 7.10. The largest absolute Gasteiger partial charge is 0.493 e. The quantitative estimate of drug-likeness (QED) is 0.595. The minimum Gasteiger partial charge on any atom is -0.493 e. The molecule has 0 amide bonds. The highest BCUT2D eigenvalue weighted by molar-refractivity contribution is 5.76. The predicted octanol–water partition coefficient (Wildman–Crippen LogP) is 4.60. The summed E-state index contributed by atoms with van der Waals surface area (Å²) in [7, 11) is 0. The average molecular weight is 366 g/mol. The molecule has 1 aliphatic carbocycles. The average Bonchev–Trinajstić information content (AvgIpc) is 3.40. The highest BCUT2D eigenvalue weighted by Gasteiger charge is 2.27. The summed E-state index contributed by atoms with van der Waals surface area (Å²) >= 11 is 0. The summed E-state index contributed by atoms with van der Waals surface area (Å²) in [5.41, 5.74) is 7.15. The first kappa shape index (κ1) is 20.2. The van der Waals surface area contributed by atoms with E-state index >= 15 is 0 Å². The molecule has 0 aliphatic heterocycles. The van der Waals surface area contributed by atoms with Gasteiger partial charge in [0.25, 0.3) is 0 Å². The molecule has 0 spiro atoms. The molecule has 0 bridgehead atoms. The first-order valence-corrected chi connectivity index (χ1v) is 9.12. The van der Waals surface area contributed by atoms with Gasteiger partial charge in [-0.3, -0.25) is 0 Å². The van der Waals surface area contributed by atoms with Crippen molar-refractivity contribution in [2.75, 3.05) is 13.2 Å². The summed E-state index contributed by atoms with van der Waals surface area (Å²) in [6.07, 6.45) is 3.59. The van der Waals surface area contributed by atoms with E-state index in [4.69, 9.17) is 15.2 Å². The van der Waals surface area contributed by atoms with Crippen molar-refractivity contribution in [1.29, 1.82) is 0 Å². The van der Waals surface area contributed by atoms with Crippen LogP contribution in [0.2, 0.25) is 0 Å². The van der Waals surface area contributed by atoms with Crippen molar-refractivity contribution in [2.24, 2.45) is 5.73 Å². The summed E-state index contributed by atoms with van der Waals surface area (Å²) in [5, 5.41) is 3.25. The summed E-state index contributed by atoms with van der Waals surface area (Å²) in [5.74, 6) is -0.566. The van der Waals surface area contributed by atoms with Crippen LogP contribution in [-0.2, 0) is 6.54 Å². The van der Waals surface area contributed by atoms with Crippen LogP contribution in [0.3, 0.4) is 0 Å². The molecular formula is C20H28F2N2O2. The monoisotopic (exact) mass is 366 g/mol. The van der Waals surface area contributed by atoms with Crippen LogP contribution in [0.25, 0.3) is 5.70 Å². The van der Waals surface area contributed by atoms with E-state index in [9.17, 15) is 8.78 Å². The second-order valence-electron chi connectivity index (χ2n) is 6.41. The Kier molecular flexibility index (Phi) is 7.45. The number of nitrogens with two attached hydrogens (primary N) is 1. The van der Waals surface area contributed by atoms with Crippen LogP contribution in [0, 0.1) is 0 Å². The maximum Gasteiger partial charge on any atom is 0.149 e. The van der Waals surface area contributed by atoms with Crippen LogP contribution < -0.4 is 20.5 Å². The molecule has 0 heterocycles. The number of halogens is 2. The van der Waals surface area contributed by atoms with Gasteiger partial charge in [0.15, 0.2) is 0 Å². The summed E-state index contributed by atoms with van der Waals surface area (Å²) in [4.78, 5) is 0. The van der Waals surface area contributed by atoms with E-state index in [1.165, 1.54) is 6.92 Å². The minimum atomic E-state index is -0.841. The number of hydrogen-bond acceptors (Lipinski definition) is 4. The molecule has 26 heavy (non-hydrogen) atoms. The molecular weight excluding hydrogens is 338 g/mol. The van der Waals surface area contributed by atoms with Crippen LogP contribution in [0.4, 0.5) is 8.78 Å². The molecule has 144 valence electrons. The number of allylic oxidation sites excluding steroid dienone is 3. The van der Waals surface area contributed by atoms with Crippen molar-refractivity contribution >= 4 is 5.70 Å². The highest BCUT2D eigenvalue weighted by atomic mass is 19.1. The molecule has 1 fully saturated rings. The van der Waals surface area contributed by atoms with Gasteiger partial charge >= 0.3 is 0 Å². The van der Waals surface area contributed by atoms with Crippen LogP contribution >= 0.6 is 0 Å². The Bertz CT molecular complexity index is 679. The molecule has 1 aliphatic rings. The first-order valence-electron chi connectivity index (χ1n) is 9.12. The van der Waals surface area contributed by atoms with E-state index < -0.39 is 11.7 Å². The van der Waals surface area contributed by atoms with Crippen molar-refractivity contribution in [3.05, 3.63) is 41.0 Å². The Morgan fingerprint density at radius 3 is 2.54 bits per heavy atom. The number of rotatable bonds is 10. The molecule has 1 aromatic rings. The van der Waals surface area contributed by atoms with E-state index in [-0.39, 0.29) is 11.8 Å². The fourth-order valence-corrected chi connectivity index (χ4v) is 2.44. The zero-order valence-electron chi connectivity index (χ0n) is 15.7. The first-order chi connectivity index (χ1) is 12.5. The summed E-state index contributed by atoms with van der Waals surface area (Å²) < 4.78 is 39.3. The molecule has 0 atom stereocenters. The fraction of sp³-hybridized carbons (Fsp3) is 0.500. The molecule has 3 N–H and O–H groups in total. The lowest BCUT2D eigenvalue weighted by atomic mass is 10.0. The van der Waals surface area contributed by atoms with Crippen LogP contribution in [0.15, 0.2) is 29.9 Å². The number of nitrogens with one attached hydrogen (secondary N) is 1. The van der Waals surface area contributed by atoms with Crippen LogP contribution in [0.5, 0.6) is 11.5 Å². The Labute approximate surface area is 154 Å². The van der Waals surface area contributed by atoms with Crippen molar-refractivity contribution in [1.82, 2.24) is 5.32 Å². The van der Waals surface area contributed by atoms with Gasteiger partial charge in [-0.15, -0.1) is 0 Å². The van der Waals surface area contributed by atoms with Gasteiger partial charge in [-0.2, -0.15) is 0 Å². The fourth-order valence-electron chi connectivity index (χ4n) is 2.44. The summed E-state index contributed by atoms with van der Waals surface area (Å²) in [6, 6.07) is 3.68. The second-order valence-corrected chi connectivity index (χ2v) is 6.41. The maximum absolute atomic E-state index is 14.4. The molecule has 0 radical (unpaired) electrons. The normalized spacial score (nSPS) is 15.7. The van der Waals surface area contributed by atoms with E-state index in [0.717, 1.165) is 37.4 Å². The number of hydrogen-bond donors (Lipinski definition) is 2. The Morgan fingerprint density at radius 1 is 1.27 bits per heavy atom. The molecule has 4 nitrogen and oxygen atoms in total. The Balaban J connectivity index is 2.53. The van der Waals surface area contributed by atoms with Crippen LogP contribution in [0.1, 0.15) is 51.2 Å². The predicted molar refractivity (Wildman–Crippen MR) is 100 cm³/mol. The molecule has 6 heteroatoms. The van der Waals surface area contributed by atoms with Gasteiger partial charge in [0.1, 0.15) is 17.3 Å². The highest BCUT2D eigenvalue weighted by Crippen LogP contribution is 2.39. The molecule has 0 aromatic heterocycles. The van der Waals surface area contributed by atoms with Gasteiger partial charge in [-0.1, -0.05) is 13.8 Å². The number of ether oxygens (including phenoxy) is 2. The van der Waals surface area contributed by atoms with Crippen LogP contribution in [-0.4, -0.2) is 19.3 Å². The standard InChI is InChI=1S/C20H28F2N2O2/c1-4-8-25-17-10-14(12-24-5-2)11-18(26-15-6-7-15)19(17)20(23)16(22)9-13(3)21/h9-11,15,24H,4-8,12,23H2,1-3H3/b13-9+,20-16+. The van der Waals surface area contributed by atoms with Crippen molar-refractivity contribution in [2.45, 2.75) is 52.7 Å². The number of benzene rings is 1. The van der Waals surface area contributed by atoms with E-state index in [1.807, 2.05) is 26.0 Å². The minimum absolute atomic E-state index is 0.108. The third-order valence-electron chi connectivity index (χ3n) is 3.84. The maximum atomic E-state index is 14.4. The van der Waals surface area contributed by atoms with Crippen molar-refractivity contribution in [3.63, 3.8) is 0 Å². The van der Waals surface area contributed by atoms with Crippen molar-refractivity contribution < 1.29 is 18.3 Å². The SMILES string of the molecule is CCCOc1cc(CNCC)cc(OC2CC2)c1/C(N)=C(F)/C=C(\C)F.